The minimum atomic E-state index is -1.42. The lowest BCUT2D eigenvalue weighted by Gasteiger charge is -2.29. The number of carbonyl (C=O) groups excluding carboxylic acids is 4. The molecule has 0 spiro atoms. The minimum absolute atomic E-state index is 0.122. The van der Waals surface area contributed by atoms with E-state index < -0.39 is 52.9 Å². The maximum Gasteiger partial charge on any atom is 0.355 e. The van der Waals surface area contributed by atoms with Crippen LogP contribution in [-0.4, -0.2) is 73.5 Å². The average Bonchev–Trinajstić information content (AvgIpc) is 3.93. The van der Waals surface area contributed by atoms with Gasteiger partial charge >= 0.3 is 11.4 Å². The summed E-state index contributed by atoms with van der Waals surface area (Å²) in [6.07, 6.45) is 5.51. The average molecular weight is 873 g/mol. The Balaban J connectivity index is 0.898. The summed E-state index contributed by atoms with van der Waals surface area (Å²) >= 11 is 6.48. The molecule has 4 amide bonds. The summed E-state index contributed by atoms with van der Waals surface area (Å²) in [7, 11) is 1.71. The van der Waals surface area contributed by atoms with Crippen LogP contribution >= 0.6 is 11.6 Å². The van der Waals surface area contributed by atoms with Gasteiger partial charge in [0, 0.05) is 73.0 Å². The van der Waals surface area contributed by atoms with Crippen LogP contribution in [0.4, 0.5) is 30.5 Å². The molecule has 8 rings (SSSR count). The van der Waals surface area contributed by atoms with Crippen LogP contribution in [0.25, 0.3) is 10.9 Å². The molecule has 6 aromatic rings. The lowest BCUT2D eigenvalue weighted by Crippen LogP contribution is -2.52. The molecule has 5 heterocycles. The van der Waals surface area contributed by atoms with Gasteiger partial charge in [-0.1, -0.05) is 29.3 Å². The number of rotatable bonds is 14. The molecule has 3 aromatic heterocycles. The highest BCUT2D eigenvalue weighted by atomic mass is 35.5. The van der Waals surface area contributed by atoms with Crippen LogP contribution in [-0.2, 0) is 47.6 Å². The van der Waals surface area contributed by atoms with E-state index in [0.717, 1.165) is 9.13 Å². The first-order chi connectivity index (χ1) is 29.7. The van der Waals surface area contributed by atoms with Gasteiger partial charge in [-0.2, -0.15) is 10.1 Å². The Hall–Kier alpha value is -7.16. The molecule has 1 atom stereocenters. The Bertz CT molecular complexity index is 2930. The molecular formula is C40H36ClF3N12O6. The number of nitrogens with zero attached hydrogens (tertiary/aromatic N) is 9. The third-order valence-electron chi connectivity index (χ3n) is 10.6. The van der Waals surface area contributed by atoms with Crippen molar-refractivity contribution >= 4 is 63.5 Å². The van der Waals surface area contributed by atoms with Crippen molar-refractivity contribution in [2.45, 2.75) is 70.7 Å². The van der Waals surface area contributed by atoms with Gasteiger partial charge in [-0.25, -0.2) is 27.3 Å². The highest BCUT2D eigenvalue weighted by Gasteiger charge is 2.40. The lowest BCUT2D eigenvalue weighted by atomic mass is 10.0. The fraction of sp³-hybridized carbons (Fsp3) is 0.300. The van der Waals surface area contributed by atoms with Gasteiger partial charge in [0.15, 0.2) is 11.6 Å². The van der Waals surface area contributed by atoms with Gasteiger partial charge in [0.2, 0.25) is 23.7 Å². The minimum Gasteiger partial charge on any atom is -0.326 e. The van der Waals surface area contributed by atoms with Crippen molar-refractivity contribution in [3.05, 3.63) is 121 Å². The van der Waals surface area contributed by atoms with E-state index in [9.17, 15) is 41.9 Å². The number of carbonyl (C=O) groups is 4. The highest BCUT2D eigenvalue weighted by Crippen LogP contribution is 2.33. The van der Waals surface area contributed by atoms with Crippen molar-refractivity contribution in [1.29, 1.82) is 0 Å². The first kappa shape index (κ1) is 41.6. The fourth-order valence-corrected chi connectivity index (χ4v) is 7.68. The van der Waals surface area contributed by atoms with E-state index in [-0.39, 0.29) is 72.4 Å². The number of halogens is 4. The van der Waals surface area contributed by atoms with Crippen LogP contribution in [0.2, 0.25) is 5.02 Å². The van der Waals surface area contributed by atoms with Crippen molar-refractivity contribution < 1.29 is 32.3 Å². The normalized spacial score (nSPS) is 15.0. The van der Waals surface area contributed by atoms with Crippen molar-refractivity contribution in [1.82, 2.24) is 49.1 Å². The highest BCUT2D eigenvalue weighted by molar-refractivity contribution is 6.34. The standard InChI is InChI=1S/C40H36ClF3N12O6/c1-52-16-22-13-32(26(41)14-31(22)50-52)46-38-48-39(61)56(40(62)55(38)17-21-12-28(43)29(44)15-27(21)42)19-23-18-53(51-49-23)11-4-2-3-8-34(57)45-30-7-5-6-24-25(30)20-54(37(24)60)33-9-10-35(58)47-36(33)59/h5-7,12-16,18,33H,2-4,8-11,17,19-20H2,1H3,(H,45,57)(H,46,48,61)(H,47,58,59). The third kappa shape index (κ3) is 8.55. The molecule has 3 aromatic carbocycles. The molecule has 0 radical (unpaired) electrons. The van der Waals surface area contributed by atoms with Gasteiger partial charge in [-0.15, -0.1) is 5.10 Å². The molecular weight excluding hydrogens is 837 g/mol. The van der Waals surface area contributed by atoms with Gasteiger partial charge < -0.3 is 15.5 Å². The molecule has 0 aliphatic carbocycles. The largest absolute Gasteiger partial charge is 0.355 e. The number of unbranched alkanes of at least 4 members (excludes halogenated alkanes) is 2. The molecule has 2 aliphatic heterocycles. The van der Waals surface area contributed by atoms with Crippen LogP contribution < -0.4 is 27.3 Å². The predicted octanol–water partition coefficient (Wildman–Crippen LogP) is 3.75. The summed E-state index contributed by atoms with van der Waals surface area (Å²) in [6, 6.07) is 8.34. The Morgan fingerprint density at radius 1 is 0.935 bits per heavy atom. The van der Waals surface area contributed by atoms with Gasteiger partial charge in [-0.05, 0) is 49.6 Å². The van der Waals surface area contributed by atoms with Gasteiger partial charge in [0.25, 0.3) is 5.91 Å². The zero-order chi connectivity index (χ0) is 43.8. The number of fused-ring (bicyclic) bond motifs is 2. The van der Waals surface area contributed by atoms with Gasteiger partial charge in [0.05, 0.1) is 35.5 Å². The summed E-state index contributed by atoms with van der Waals surface area (Å²) < 4.78 is 47.6. The van der Waals surface area contributed by atoms with Crippen molar-refractivity contribution in [2.24, 2.45) is 7.05 Å². The molecule has 22 heteroatoms. The van der Waals surface area contributed by atoms with Crippen LogP contribution in [0.15, 0.2) is 64.4 Å². The van der Waals surface area contributed by atoms with Gasteiger partial charge in [0.1, 0.15) is 17.6 Å². The van der Waals surface area contributed by atoms with Crippen molar-refractivity contribution in [2.75, 3.05) is 10.6 Å². The molecule has 18 nitrogen and oxygen atoms in total. The first-order valence-corrected chi connectivity index (χ1v) is 19.8. The smallest absolute Gasteiger partial charge is 0.326 e. The zero-order valence-electron chi connectivity index (χ0n) is 32.8. The Morgan fingerprint density at radius 2 is 1.74 bits per heavy atom. The lowest BCUT2D eigenvalue weighted by molar-refractivity contribution is -0.137. The zero-order valence-corrected chi connectivity index (χ0v) is 33.6. The number of anilines is 3. The van der Waals surface area contributed by atoms with Crippen LogP contribution in [0.1, 0.15) is 65.7 Å². The Kier molecular flexibility index (Phi) is 11.4. The number of aromatic nitrogens is 8. The number of hydrogen-bond donors (Lipinski definition) is 3. The molecule has 320 valence electrons. The number of benzene rings is 3. The molecule has 0 saturated carbocycles. The summed E-state index contributed by atoms with van der Waals surface area (Å²) in [5.74, 6) is -5.74. The number of nitrogens with one attached hydrogen (secondary N) is 3. The molecule has 0 bridgehead atoms. The predicted molar refractivity (Wildman–Crippen MR) is 216 cm³/mol. The maximum absolute atomic E-state index is 14.9. The van der Waals surface area contributed by atoms with E-state index in [1.54, 1.807) is 48.3 Å². The fourth-order valence-electron chi connectivity index (χ4n) is 7.48. The van der Waals surface area contributed by atoms with Crippen molar-refractivity contribution in [3.63, 3.8) is 0 Å². The first-order valence-electron chi connectivity index (χ1n) is 19.4. The molecule has 3 N–H and O–H groups in total. The quantitative estimate of drug-likeness (QED) is 0.0815. The van der Waals surface area contributed by atoms with Gasteiger partial charge in [-0.3, -0.25) is 38.4 Å². The Morgan fingerprint density at radius 3 is 2.55 bits per heavy atom. The number of amides is 4. The second kappa shape index (κ2) is 17.1. The second-order valence-corrected chi connectivity index (χ2v) is 15.3. The summed E-state index contributed by atoms with van der Waals surface area (Å²) in [5.41, 5.74) is 0.118. The summed E-state index contributed by atoms with van der Waals surface area (Å²) in [5, 5.41) is 21.3. The number of hydrogen-bond acceptors (Lipinski definition) is 11. The van der Waals surface area contributed by atoms with Crippen LogP contribution in [0, 0.1) is 17.5 Å². The number of piperidine rings is 1. The molecule has 62 heavy (non-hydrogen) atoms. The number of aryl methyl sites for hydroxylation is 2. The van der Waals surface area contributed by atoms with E-state index in [1.807, 2.05) is 0 Å². The maximum atomic E-state index is 14.9. The van der Waals surface area contributed by atoms with E-state index >= 15 is 0 Å². The van der Waals surface area contributed by atoms with Crippen molar-refractivity contribution in [3.8, 4) is 0 Å². The molecule has 2 aliphatic rings. The summed E-state index contributed by atoms with van der Waals surface area (Å²) in [4.78, 5) is 82.8. The molecule has 1 saturated heterocycles. The topological polar surface area (TPSA) is 213 Å². The Labute approximate surface area is 353 Å². The summed E-state index contributed by atoms with van der Waals surface area (Å²) in [6.45, 7) is -0.520. The SMILES string of the molecule is Cn1cc2cc(Nc3nc(=O)n(Cc4cn(CCCCCC(=O)Nc5cccc6c5CN(C5CCC(=O)NC5=O)C6=O)nn4)c(=O)n3Cc3cc(F)c(F)cc3F)c(Cl)cc2n1. The van der Waals surface area contributed by atoms with E-state index in [2.05, 4.69) is 36.3 Å². The third-order valence-corrected chi connectivity index (χ3v) is 10.9. The van der Waals surface area contributed by atoms with E-state index in [4.69, 9.17) is 11.6 Å². The number of imide groups is 1. The molecule has 1 fully saturated rings. The van der Waals surface area contributed by atoms with Crippen LogP contribution in [0.3, 0.4) is 0 Å². The van der Waals surface area contributed by atoms with E-state index in [1.165, 1.54) is 15.8 Å². The van der Waals surface area contributed by atoms with Crippen LogP contribution in [0.5, 0.6) is 0 Å². The monoisotopic (exact) mass is 872 g/mol. The second-order valence-electron chi connectivity index (χ2n) is 14.9. The van der Waals surface area contributed by atoms with E-state index in [0.29, 0.717) is 65.7 Å². The molecule has 1 unspecified atom stereocenters.